The predicted molar refractivity (Wildman–Crippen MR) is 101 cm³/mol. The lowest BCUT2D eigenvalue weighted by Crippen LogP contribution is -2.08. The van der Waals surface area contributed by atoms with Gasteiger partial charge in [-0.15, -0.1) is 0 Å². The van der Waals surface area contributed by atoms with Crippen LogP contribution < -0.4 is 4.89 Å². The molecule has 22 heavy (non-hydrogen) atoms. The molecule has 3 rings (SSSR count). The van der Waals surface area contributed by atoms with E-state index in [-0.39, 0.29) is 4.11 Å². The maximum absolute atomic E-state index is 5.78. The largest absolute Gasteiger partial charge is 0.335 e. The molecule has 0 aliphatic rings. The van der Waals surface area contributed by atoms with Gasteiger partial charge in [0.05, 0.1) is 0 Å². The number of benzene rings is 3. The van der Waals surface area contributed by atoms with Crippen LogP contribution in [0.2, 0.25) is 0 Å². The molecule has 0 amide bonds. The molecule has 3 aromatic carbocycles. The van der Waals surface area contributed by atoms with Gasteiger partial charge in [-0.3, -0.25) is 0 Å². The van der Waals surface area contributed by atoms with Crippen molar-refractivity contribution in [3.63, 3.8) is 0 Å². The Morgan fingerprint density at radius 3 is 2.14 bits per heavy atom. The van der Waals surface area contributed by atoms with E-state index >= 15 is 0 Å². The molecule has 0 aliphatic carbocycles. The van der Waals surface area contributed by atoms with Gasteiger partial charge in [0.2, 0.25) is 0 Å². The maximum atomic E-state index is 5.78. The summed E-state index contributed by atoms with van der Waals surface area (Å²) < 4.78 is 0.0651. The maximum Gasteiger partial charge on any atom is 0.181 e. The summed E-state index contributed by atoms with van der Waals surface area (Å²) in [7, 11) is 0. The molecule has 2 nitrogen and oxygen atoms in total. The Hall–Kier alpha value is -1.33. The van der Waals surface area contributed by atoms with Crippen molar-refractivity contribution in [1.82, 2.24) is 0 Å². The first-order chi connectivity index (χ1) is 10.8. The normalized spacial score (nSPS) is 12.6. The van der Waals surface area contributed by atoms with Crippen LogP contribution in [-0.4, -0.2) is 4.11 Å². The van der Waals surface area contributed by atoms with Gasteiger partial charge in [-0.2, -0.15) is 4.89 Å². The Labute approximate surface area is 144 Å². The number of halogens is 1. The number of unbranched alkanes of at least 4 members (excludes halogenated alkanes) is 1. The molecule has 0 aliphatic heterocycles. The summed E-state index contributed by atoms with van der Waals surface area (Å²) in [6.45, 7) is 2.18. The van der Waals surface area contributed by atoms with E-state index in [4.69, 9.17) is 9.78 Å². The predicted octanol–water partition coefficient (Wildman–Crippen LogP) is 6.25. The molecule has 0 spiro atoms. The highest BCUT2D eigenvalue weighted by Crippen LogP contribution is 2.35. The van der Waals surface area contributed by atoms with E-state index in [1.54, 1.807) is 0 Å². The van der Waals surface area contributed by atoms with Crippen molar-refractivity contribution >= 4 is 44.1 Å². The second-order valence-corrected chi connectivity index (χ2v) is 6.77. The molecule has 3 aromatic rings. The van der Waals surface area contributed by atoms with Crippen molar-refractivity contribution in [1.29, 1.82) is 0 Å². The van der Waals surface area contributed by atoms with E-state index in [1.807, 2.05) is 24.3 Å². The van der Waals surface area contributed by atoms with E-state index in [1.165, 1.54) is 17.2 Å². The SMILES string of the molecule is CCCCC(I)OOc1c2ccccc2cc2ccccc12. The molecule has 3 heteroatoms. The van der Waals surface area contributed by atoms with E-state index in [9.17, 15) is 0 Å². The quantitative estimate of drug-likeness (QED) is 0.158. The zero-order valence-corrected chi connectivity index (χ0v) is 14.7. The highest BCUT2D eigenvalue weighted by atomic mass is 127. The first-order valence-electron chi connectivity index (χ1n) is 7.67. The molecule has 1 atom stereocenters. The van der Waals surface area contributed by atoms with Gasteiger partial charge in [0.25, 0.3) is 0 Å². The Kier molecular flexibility index (Phi) is 5.16. The van der Waals surface area contributed by atoms with Gasteiger partial charge in [0.15, 0.2) is 9.86 Å². The third-order valence-corrected chi connectivity index (χ3v) is 4.57. The summed E-state index contributed by atoms with van der Waals surface area (Å²) in [6, 6.07) is 18.7. The fraction of sp³-hybridized carbons (Fsp3) is 0.263. The Morgan fingerprint density at radius 2 is 1.55 bits per heavy atom. The summed E-state index contributed by atoms with van der Waals surface area (Å²) in [5.74, 6) is 0.812. The monoisotopic (exact) mass is 406 g/mol. The van der Waals surface area contributed by atoms with Gasteiger partial charge in [0, 0.05) is 10.8 Å². The lowest BCUT2D eigenvalue weighted by atomic mass is 10.0. The third-order valence-electron chi connectivity index (χ3n) is 3.74. The van der Waals surface area contributed by atoms with Gasteiger partial charge >= 0.3 is 0 Å². The standard InChI is InChI=1S/C19H19IO2/c1-2-3-12-18(20)21-22-19-16-10-6-4-8-14(16)13-15-9-5-7-11-17(15)19/h4-11,13,18H,2-3,12H2,1H3. The van der Waals surface area contributed by atoms with Crippen LogP contribution in [0.4, 0.5) is 0 Å². The van der Waals surface area contributed by atoms with E-state index in [2.05, 4.69) is 59.8 Å². The van der Waals surface area contributed by atoms with Crippen LogP contribution in [0.1, 0.15) is 26.2 Å². The van der Waals surface area contributed by atoms with Crippen LogP contribution in [0.15, 0.2) is 54.6 Å². The van der Waals surface area contributed by atoms with Gasteiger partial charge in [-0.05, 0) is 45.9 Å². The van der Waals surface area contributed by atoms with Crippen molar-refractivity contribution in [2.45, 2.75) is 30.3 Å². The highest BCUT2D eigenvalue weighted by molar-refractivity contribution is 14.1. The summed E-state index contributed by atoms with van der Waals surface area (Å²) >= 11 is 2.29. The molecule has 0 N–H and O–H groups in total. The molecule has 0 heterocycles. The number of fused-ring (bicyclic) bond motifs is 2. The molecular weight excluding hydrogens is 387 g/mol. The summed E-state index contributed by atoms with van der Waals surface area (Å²) in [5.41, 5.74) is 0. The van der Waals surface area contributed by atoms with E-state index in [0.717, 1.165) is 29.4 Å². The average Bonchev–Trinajstić information content (AvgIpc) is 2.56. The zero-order chi connectivity index (χ0) is 15.4. The van der Waals surface area contributed by atoms with Gasteiger partial charge < -0.3 is 4.89 Å². The smallest absolute Gasteiger partial charge is 0.181 e. The molecule has 114 valence electrons. The van der Waals surface area contributed by atoms with Gasteiger partial charge in [0.1, 0.15) is 0 Å². The molecular formula is C19H19IO2. The number of hydrogen-bond acceptors (Lipinski definition) is 2. The molecule has 0 aromatic heterocycles. The van der Waals surface area contributed by atoms with E-state index in [0.29, 0.717) is 0 Å². The number of rotatable bonds is 6. The Bertz CT molecular complexity index is 716. The molecule has 0 saturated carbocycles. The fourth-order valence-electron chi connectivity index (χ4n) is 2.57. The zero-order valence-electron chi connectivity index (χ0n) is 12.6. The van der Waals surface area contributed by atoms with Crippen molar-refractivity contribution in [3.05, 3.63) is 54.6 Å². The molecule has 0 saturated heterocycles. The first-order valence-corrected chi connectivity index (χ1v) is 8.92. The molecule has 0 bridgehead atoms. The second-order valence-electron chi connectivity index (χ2n) is 5.38. The van der Waals surface area contributed by atoms with Crippen LogP contribution in [0.3, 0.4) is 0 Å². The fourth-order valence-corrected chi connectivity index (χ4v) is 3.12. The van der Waals surface area contributed by atoms with Crippen LogP contribution in [0, 0.1) is 0 Å². The van der Waals surface area contributed by atoms with Gasteiger partial charge in [-0.1, -0.05) is 68.3 Å². The minimum atomic E-state index is 0.0651. The minimum absolute atomic E-state index is 0.0651. The minimum Gasteiger partial charge on any atom is -0.335 e. The first kappa shape index (κ1) is 15.6. The summed E-state index contributed by atoms with van der Waals surface area (Å²) in [5, 5.41) is 4.50. The second kappa shape index (κ2) is 7.29. The molecule has 1 unspecified atom stereocenters. The Morgan fingerprint density at radius 1 is 0.955 bits per heavy atom. The number of alkyl halides is 1. The van der Waals surface area contributed by atoms with Crippen molar-refractivity contribution in [2.75, 3.05) is 0 Å². The van der Waals surface area contributed by atoms with Crippen LogP contribution >= 0.6 is 22.6 Å². The lowest BCUT2D eigenvalue weighted by molar-refractivity contribution is -0.212. The highest BCUT2D eigenvalue weighted by Gasteiger charge is 2.12. The lowest BCUT2D eigenvalue weighted by Gasteiger charge is -2.14. The number of hydrogen-bond donors (Lipinski definition) is 0. The average molecular weight is 406 g/mol. The summed E-state index contributed by atoms with van der Waals surface area (Å²) in [6.07, 6.45) is 3.31. The van der Waals surface area contributed by atoms with Crippen molar-refractivity contribution < 1.29 is 9.78 Å². The van der Waals surface area contributed by atoms with E-state index < -0.39 is 0 Å². The molecule has 0 radical (unpaired) electrons. The van der Waals surface area contributed by atoms with Crippen LogP contribution in [-0.2, 0) is 4.89 Å². The van der Waals surface area contributed by atoms with Crippen molar-refractivity contribution in [3.8, 4) is 5.75 Å². The van der Waals surface area contributed by atoms with Crippen molar-refractivity contribution in [2.24, 2.45) is 0 Å². The van der Waals surface area contributed by atoms with Gasteiger partial charge in [-0.25, -0.2) is 0 Å². The van der Waals surface area contributed by atoms with Crippen LogP contribution in [0.25, 0.3) is 21.5 Å². The summed E-state index contributed by atoms with van der Waals surface area (Å²) in [4.78, 5) is 11.4. The van der Waals surface area contributed by atoms with Crippen LogP contribution in [0.5, 0.6) is 5.75 Å². The Balaban J connectivity index is 1.97. The third kappa shape index (κ3) is 3.36. The molecule has 0 fully saturated rings. The topological polar surface area (TPSA) is 18.5 Å².